The second-order valence-electron chi connectivity index (χ2n) is 13.7. The van der Waals surface area contributed by atoms with Crippen LogP contribution in [-0.4, -0.2) is 42.9 Å². The van der Waals surface area contributed by atoms with Gasteiger partial charge in [-0.25, -0.2) is 0 Å². The fourth-order valence-electron chi connectivity index (χ4n) is 10.6. The van der Waals surface area contributed by atoms with Gasteiger partial charge < -0.3 is 9.80 Å². The van der Waals surface area contributed by atoms with E-state index in [0.29, 0.717) is 16.9 Å². The van der Waals surface area contributed by atoms with Crippen LogP contribution in [0.5, 0.6) is 0 Å². The minimum Gasteiger partial charge on any atom is -0.332 e. The average molecular weight is 463 g/mol. The van der Waals surface area contributed by atoms with Crippen molar-refractivity contribution >= 4 is 5.91 Å². The lowest BCUT2D eigenvalue weighted by Crippen LogP contribution is -2.57. The minimum atomic E-state index is -0.0620. The fraction of sp³-hybridized carbons (Fsp3) is 0.774. The third-order valence-electron chi connectivity index (χ3n) is 12.8. The van der Waals surface area contributed by atoms with Crippen molar-refractivity contribution < 1.29 is 4.79 Å². The molecule has 1 amide bonds. The molecule has 1 spiro atoms. The highest BCUT2D eigenvalue weighted by atomic mass is 16.2. The fourth-order valence-corrected chi connectivity index (χ4v) is 10.6. The number of carbonyl (C=O) groups excluding carboxylic acids is 1. The summed E-state index contributed by atoms with van der Waals surface area (Å²) in [6, 6.07) is 9.17. The number of nitrogens with zero attached hydrogens (tertiary/aromatic N) is 2. The Labute approximate surface area is 207 Å². The molecule has 4 saturated carbocycles. The van der Waals surface area contributed by atoms with Gasteiger partial charge in [-0.1, -0.05) is 32.0 Å². The van der Waals surface area contributed by atoms with Crippen LogP contribution >= 0.6 is 0 Å². The van der Waals surface area contributed by atoms with E-state index in [1.807, 2.05) is 6.07 Å². The van der Waals surface area contributed by atoms with Gasteiger partial charge >= 0.3 is 0 Å². The van der Waals surface area contributed by atoms with Gasteiger partial charge in [-0.3, -0.25) is 4.79 Å². The molecule has 0 aromatic heterocycles. The highest BCUT2D eigenvalue weighted by Crippen LogP contribution is 2.69. The van der Waals surface area contributed by atoms with Gasteiger partial charge in [-0.2, -0.15) is 0 Å². The van der Waals surface area contributed by atoms with E-state index in [9.17, 15) is 4.79 Å². The summed E-state index contributed by atoms with van der Waals surface area (Å²) in [7, 11) is 6.63. The topological polar surface area (TPSA) is 23.6 Å². The van der Waals surface area contributed by atoms with Gasteiger partial charge in [0.25, 0.3) is 5.91 Å². The van der Waals surface area contributed by atoms with Crippen molar-refractivity contribution in [3.05, 3.63) is 35.4 Å². The molecule has 3 nitrogen and oxygen atoms in total. The van der Waals surface area contributed by atoms with Crippen LogP contribution in [0.15, 0.2) is 24.3 Å². The number of carbonyl (C=O) groups is 1. The number of hydrogen-bond acceptors (Lipinski definition) is 2. The first-order valence-corrected chi connectivity index (χ1v) is 14.2. The molecule has 0 N–H and O–H groups in total. The largest absolute Gasteiger partial charge is 0.332 e. The van der Waals surface area contributed by atoms with Gasteiger partial charge in [0.15, 0.2) is 0 Å². The van der Waals surface area contributed by atoms with Crippen molar-refractivity contribution in [1.29, 1.82) is 0 Å². The molecule has 5 aliphatic rings. The number of hydrogen-bond donors (Lipinski definition) is 0. The molecule has 4 aliphatic carbocycles. The highest BCUT2D eigenvalue weighted by molar-refractivity contribution is 5.99. The van der Waals surface area contributed by atoms with Crippen molar-refractivity contribution in [1.82, 2.24) is 9.80 Å². The molecule has 1 aliphatic heterocycles. The van der Waals surface area contributed by atoms with Crippen LogP contribution in [0.4, 0.5) is 0 Å². The van der Waals surface area contributed by atoms with Crippen LogP contribution in [-0.2, 0) is 5.54 Å². The lowest BCUT2D eigenvalue weighted by molar-refractivity contribution is -0.134. The summed E-state index contributed by atoms with van der Waals surface area (Å²) in [5, 5.41) is 0. The van der Waals surface area contributed by atoms with Crippen molar-refractivity contribution in [3.8, 4) is 0 Å². The Kier molecular flexibility index (Phi) is 5.14. The predicted molar refractivity (Wildman–Crippen MR) is 139 cm³/mol. The molecule has 4 fully saturated rings. The smallest absolute Gasteiger partial charge is 0.254 e. The van der Waals surface area contributed by atoms with E-state index in [1.165, 1.54) is 56.9 Å². The molecule has 9 atom stereocenters. The SMILES string of the molecule is C[C@@H]([C@H]1CC[C@H]2[C@@H]3CC[C@@H]4C[C@]5(CC[C@]4(C)[C@H]3CC[C@]12C)c1ccccc1C(=O)N5C)N(C)C. The molecule has 1 heterocycles. The van der Waals surface area contributed by atoms with Gasteiger partial charge in [0.2, 0.25) is 0 Å². The number of amides is 1. The molecule has 0 unspecified atom stereocenters. The second-order valence-corrected chi connectivity index (χ2v) is 13.7. The van der Waals surface area contributed by atoms with E-state index >= 15 is 0 Å². The van der Waals surface area contributed by atoms with Crippen molar-refractivity contribution in [2.75, 3.05) is 21.1 Å². The second kappa shape index (κ2) is 7.58. The first-order chi connectivity index (χ1) is 16.1. The standard InChI is InChI=1S/C31H46N2O/c1-20(32(4)5)24-13-14-25-22-12-11-21-19-31(27-10-8-7-9-23(27)28(34)33(31)6)18-17-29(21,2)26(22)15-16-30(24,25)3/h7-10,20-22,24-26H,11-19H2,1-6H3/t20-,21+,22-,24+,25-,26-,29-,30+,31+/m0/s1. The monoisotopic (exact) mass is 462 g/mol. The van der Waals surface area contributed by atoms with E-state index in [0.717, 1.165) is 41.6 Å². The van der Waals surface area contributed by atoms with Gasteiger partial charge in [0, 0.05) is 18.7 Å². The number of rotatable bonds is 2. The van der Waals surface area contributed by atoms with Crippen LogP contribution in [0.25, 0.3) is 0 Å². The Balaban J connectivity index is 1.28. The quantitative estimate of drug-likeness (QED) is 0.496. The summed E-state index contributed by atoms with van der Waals surface area (Å²) in [5.41, 5.74) is 3.19. The predicted octanol–water partition coefficient (Wildman–Crippen LogP) is 6.58. The molecule has 186 valence electrons. The van der Waals surface area contributed by atoms with E-state index in [2.05, 4.69) is 69.9 Å². The van der Waals surface area contributed by atoms with Crippen LogP contribution < -0.4 is 0 Å². The van der Waals surface area contributed by atoms with Crippen LogP contribution in [0.3, 0.4) is 0 Å². The summed E-state index contributed by atoms with van der Waals surface area (Å²) in [4.78, 5) is 17.8. The van der Waals surface area contributed by atoms with Crippen molar-refractivity contribution in [2.45, 2.75) is 90.1 Å². The lowest BCUT2D eigenvalue weighted by Gasteiger charge is -2.63. The van der Waals surface area contributed by atoms with Crippen molar-refractivity contribution in [2.24, 2.45) is 40.4 Å². The zero-order valence-electron chi connectivity index (χ0n) is 22.4. The van der Waals surface area contributed by atoms with Gasteiger partial charge in [-0.05, 0) is 131 Å². The summed E-state index contributed by atoms with van der Waals surface area (Å²) < 4.78 is 0. The van der Waals surface area contributed by atoms with Gasteiger partial charge in [-0.15, -0.1) is 0 Å². The Morgan fingerprint density at radius 2 is 1.68 bits per heavy atom. The average Bonchev–Trinajstić information content (AvgIpc) is 3.28. The molecule has 34 heavy (non-hydrogen) atoms. The first-order valence-electron chi connectivity index (χ1n) is 14.2. The maximum atomic E-state index is 13.2. The number of benzene rings is 1. The molecular formula is C31H46N2O. The molecule has 3 heteroatoms. The maximum absolute atomic E-state index is 13.2. The molecule has 1 aromatic carbocycles. The first kappa shape index (κ1) is 23.1. The summed E-state index contributed by atoms with van der Waals surface area (Å²) in [5.74, 6) is 4.56. The van der Waals surface area contributed by atoms with Gasteiger partial charge in [0.05, 0.1) is 5.54 Å². The van der Waals surface area contributed by atoms with E-state index in [-0.39, 0.29) is 11.4 Å². The Morgan fingerprint density at radius 3 is 2.44 bits per heavy atom. The highest BCUT2D eigenvalue weighted by Gasteiger charge is 2.63. The van der Waals surface area contributed by atoms with Crippen molar-refractivity contribution in [3.63, 3.8) is 0 Å². The van der Waals surface area contributed by atoms with E-state index < -0.39 is 0 Å². The van der Waals surface area contributed by atoms with E-state index in [1.54, 1.807) is 0 Å². The van der Waals surface area contributed by atoms with Crippen LogP contribution in [0.2, 0.25) is 0 Å². The number of fused-ring (bicyclic) bond motifs is 7. The van der Waals surface area contributed by atoms with E-state index in [4.69, 9.17) is 0 Å². The normalized spacial score (nSPS) is 46.3. The molecule has 0 bridgehead atoms. The Hall–Kier alpha value is -1.35. The summed E-state index contributed by atoms with van der Waals surface area (Å²) in [6.07, 6.45) is 12.1. The van der Waals surface area contributed by atoms with Crippen LogP contribution in [0, 0.1) is 40.4 Å². The maximum Gasteiger partial charge on any atom is 0.254 e. The molecule has 6 rings (SSSR count). The third kappa shape index (κ3) is 2.83. The molecule has 0 radical (unpaired) electrons. The summed E-state index contributed by atoms with van der Waals surface area (Å²) >= 11 is 0. The molecule has 1 aromatic rings. The third-order valence-corrected chi connectivity index (χ3v) is 12.8. The molecular weight excluding hydrogens is 416 g/mol. The zero-order valence-corrected chi connectivity index (χ0v) is 22.4. The summed E-state index contributed by atoms with van der Waals surface area (Å²) in [6.45, 7) is 7.81. The minimum absolute atomic E-state index is 0.0620. The van der Waals surface area contributed by atoms with Gasteiger partial charge in [0.1, 0.15) is 0 Å². The Bertz CT molecular complexity index is 987. The lowest BCUT2D eigenvalue weighted by atomic mass is 9.43. The zero-order chi connectivity index (χ0) is 24.0. The van der Waals surface area contributed by atoms with Crippen LogP contribution in [0.1, 0.15) is 94.5 Å². The Morgan fingerprint density at radius 1 is 0.941 bits per heavy atom. The molecule has 0 saturated heterocycles.